The van der Waals surface area contributed by atoms with Crippen molar-refractivity contribution in [3.63, 3.8) is 0 Å². The fourth-order valence-electron chi connectivity index (χ4n) is 4.92. The molecule has 2 atom stereocenters. The molecule has 3 aromatic rings. The lowest BCUT2D eigenvalue weighted by molar-refractivity contribution is 0.276. The molecule has 0 aliphatic carbocycles. The van der Waals surface area contributed by atoms with E-state index in [4.69, 9.17) is 4.52 Å². The van der Waals surface area contributed by atoms with Crippen LogP contribution in [-0.2, 0) is 19.6 Å². The molecular weight excluding hydrogens is 400 g/mol. The second-order valence-corrected chi connectivity index (χ2v) is 9.41. The second kappa shape index (κ2) is 7.63. The van der Waals surface area contributed by atoms with Crippen LogP contribution in [0.5, 0.6) is 0 Å². The highest BCUT2D eigenvalue weighted by Crippen LogP contribution is 2.37. The number of fused-ring (bicyclic) bond motifs is 4. The summed E-state index contributed by atoms with van der Waals surface area (Å²) in [6, 6.07) is 4.17. The highest BCUT2D eigenvalue weighted by molar-refractivity contribution is 7.13. The summed E-state index contributed by atoms with van der Waals surface area (Å²) in [7, 11) is 2.03. The smallest absolute Gasteiger partial charge is 0.255 e. The fourth-order valence-corrected chi connectivity index (χ4v) is 5.50. The lowest BCUT2D eigenvalue weighted by Crippen LogP contribution is -2.47. The van der Waals surface area contributed by atoms with E-state index in [9.17, 15) is 4.79 Å². The van der Waals surface area contributed by atoms with Gasteiger partial charge in [0, 0.05) is 55.5 Å². The molecule has 0 unspecified atom stereocenters. The SMILES string of the molecule is Cc1noc(C)c1CN(C)Cc1ccc2n(c1=O)C[C@H]1C[C@@H]2CN(c2nncs2)C1. The molecule has 0 N–H and O–H groups in total. The second-order valence-electron chi connectivity index (χ2n) is 8.60. The van der Waals surface area contributed by atoms with E-state index in [1.165, 1.54) is 0 Å². The Kier molecular flexibility index (Phi) is 4.94. The zero-order chi connectivity index (χ0) is 20.8. The van der Waals surface area contributed by atoms with Crippen molar-refractivity contribution in [2.45, 2.75) is 45.8 Å². The Hall–Kier alpha value is -2.52. The summed E-state index contributed by atoms with van der Waals surface area (Å²) in [5.41, 5.74) is 5.94. The summed E-state index contributed by atoms with van der Waals surface area (Å²) in [4.78, 5) is 17.8. The standard InChI is InChI=1S/C21H26N6O2S/c1-13-18(14(2)29-24-13)11-25(3)9-16-4-5-19-17-6-15(8-27(19)20(16)28)7-26(10-17)21-23-22-12-30-21/h4-5,12,15,17H,6-11H2,1-3H3/t15-,17+/m0/s1. The quantitative estimate of drug-likeness (QED) is 0.620. The molecule has 9 heteroatoms. The lowest BCUT2D eigenvalue weighted by Gasteiger charge is -2.42. The molecule has 30 heavy (non-hydrogen) atoms. The molecular formula is C21H26N6O2S. The van der Waals surface area contributed by atoms with Crippen LogP contribution in [0.1, 0.15) is 40.6 Å². The van der Waals surface area contributed by atoms with Crippen molar-refractivity contribution in [3.8, 4) is 0 Å². The van der Waals surface area contributed by atoms with Gasteiger partial charge in [-0.2, -0.15) is 0 Å². The van der Waals surface area contributed by atoms with Crippen LogP contribution in [0.15, 0.2) is 27.0 Å². The average molecular weight is 427 g/mol. The van der Waals surface area contributed by atoms with Gasteiger partial charge >= 0.3 is 0 Å². The van der Waals surface area contributed by atoms with Crippen molar-refractivity contribution in [2.75, 3.05) is 25.0 Å². The third kappa shape index (κ3) is 3.45. The third-order valence-corrected chi connectivity index (χ3v) is 7.10. The molecule has 2 aliphatic heterocycles. The molecule has 0 spiro atoms. The largest absolute Gasteiger partial charge is 0.361 e. The molecule has 0 saturated carbocycles. The van der Waals surface area contributed by atoms with Crippen molar-refractivity contribution >= 4 is 16.5 Å². The van der Waals surface area contributed by atoms with Gasteiger partial charge in [-0.15, -0.1) is 10.2 Å². The first-order valence-electron chi connectivity index (χ1n) is 10.3. The zero-order valence-corrected chi connectivity index (χ0v) is 18.4. The van der Waals surface area contributed by atoms with Crippen molar-refractivity contribution in [3.05, 3.63) is 56.3 Å². The normalized spacial score (nSPS) is 20.6. The summed E-state index contributed by atoms with van der Waals surface area (Å²) in [6.07, 6.45) is 1.14. The van der Waals surface area contributed by atoms with Crippen molar-refractivity contribution < 1.29 is 4.52 Å². The van der Waals surface area contributed by atoms with E-state index < -0.39 is 0 Å². The third-order valence-electron chi connectivity index (χ3n) is 6.35. The number of hydrogen-bond acceptors (Lipinski definition) is 8. The van der Waals surface area contributed by atoms with Gasteiger partial charge in [-0.05, 0) is 39.3 Å². The van der Waals surface area contributed by atoms with Crippen LogP contribution in [0.4, 0.5) is 5.13 Å². The minimum absolute atomic E-state index is 0.150. The Morgan fingerprint density at radius 1 is 1.23 bits per heavy atom. The van der Waals surface area contributed by atoms with E-state index in [0.29, 0.717) is 24.9 Å². The highest BCUT2D eigenvalue weighted by atomic mass is 32.1. The molecule has 8 nitrogen and oxygen atoms in total. The molecule has 1 fully saturated rings. The molecule has 2 aliphatic rings. The Labute approximate surface area is 179 Å². The number of nitrogens with zero attached hydrogens (tertiary/aromatic N) is 6. The van der Waals surface area contributed by atoms with Crippen LogP contribution in [-0.4, -0.2) is 45.0 Å². The molecule has 158 valence electrons. The van der Waals surface area contributed by atoms with Gasteiger partial charge in [0.1, 0.15) is 11.3 Å². The number of pyridine rings is 1. The predicted molar refractivity (Wildman–Crippen MR) is 115 cm³/mol. The van der Waals surface area contributed by atoms with Crippen LogP contribution in [0.2, 0.25) is 0 Å². The van der Waals surface area contributed by atoms with Gasteiger partial charge in [-0.3, -0.25) is 9.69 Å². The van der Waals surface area contributed by atoms with Gasteiger partial charge in [-0.25, -0.2) is 0 Å². The van der Waals surface area contributed by atoms with Gasteiger partial charge < -0.3 is 14.0 Å². The maximum Gasteiger partial charge on any atom is 0.255 e. The zero-order valence-electron chi connectivity index (χ0n) is 17.5. The fraction of sp³-hybridized carbons (Fsp3) is 0.524. The van der Waals surface area contributed by atoms with Crippen LogP contribution < -0.4 is 10.5 Å². The van der Waals surface area contributed by atoms with E-state index in [1.807, 2.05) is 31.5 Å². The number of rotatable bonds is 5. The Morgan fingerprint density at radius 2 is 2.10 bits per heavy atom. The summed E-state index contributed by atoms with van der Waals surface area (Å²) in [5.74, 6) is 1.67. The summed E-state index contributed by atoms with van der Waals surface area (Å²) in [6.45, 7) is 7.82. The Balaban J connectivity index is 1.36. The van der Waals surface area contributed by atoms with Gasteiger partial charge in [0.2, 0.25) is 5.13 Å². The molecule has 0 radical (unpaired) electrons. The summed E-state index contributed by atoms with van der Waals surface area (Å²) < 4.78 is 7.29. The first-order chi connectivity index (χ1) is 14.5. The predicted octanol–water partition coefficient (Wildman–Crippen LogP) is 2.56. The minimum atomic E-state index is 0.150. The van der Waals surface area contributed by atoms with E-state index in [1.54, 1.807) is 16.8 Å². The van der Waals surface area contributed by atoms with Gasteiger partial charge in [0.25, 0.3) is 5.56 Å². The number of hydrogen-bond donors (Lipinski definition) is 0. The Morgan fingerprint density at radius 3 is 2.83 bits per heavy atom. The van der Waals surface area contributed by atoms with E-state index in [0.717, 1.165) is 59.5 Å². The molecule has 0 aromatic carbocycles. The first kappa shape index (κ1) is 19.4. The summed E-state index contributed by atoms with van der Waals surface area (Å²) in [5, 5.41) is 13.2. The summed E-state index contributed by atoms with van der Waals surface area (Å²) >= 11 is 1.58. The Bertz CT molecular complexity index is 1090. The van der Waals surface area contributed by atoms with Crippen molar-refractivity contribution in [1.29, 1.82) is 0 Å². The molecule has 3 aromatic heterocycles. The molecule has 1 saturated heterocycles. The number of anilines is 1. The number of aryl methyl sites for hydroxylation is 2. The van der Waals surface area contributed by atoms with Crippen molar-refractivity contribution in [2.24, 2.45) is 5.92 Å². The molecule has 0 amide bonds. The highest BCUT2D eigenvalue weighted by Gasteiger charge is 2.35. The van der Waals surface area contributed by atoms with Crippen LogP contribution in [0.3, 0.4) is 0 Å². The maximum absolute atomic E-state index is 13.3. The van der Waals surface area contributed by atoms with Crippen LogP contribution in [0, 0.1) is 19.8 Å². The van der Waals surface area contributed by atoms with Crippen LogP contribution >= 0.6 is 11.3 Å². The number of aromatic nitrogens is 4. The molecule has 5 rings (SSSR count). The molecule has 2 bridgehead atoms. The number of piperidine rings is 1. The minimum Gasteiger partial charge on any atom is -0.361 e. The monoisotopic (exact) mass is 426 g/mol. The van der Waals surface area contributed by atoms with E-state index in [2.05, 4.69) is 31.2 Å². The molecule has 5 heterocycles. The lowest BCUT2D eigenvalue weighted by atomic mass is 9.83. The topological polar surface area (TPSA) is 80.3 Å². The van der Waals surface area contributed by atoms with Gasteiger partial charge in [0.15, 0.2) is 0 Å². The average Bonchev–Trinajstić information content (AvgIpc) is 3.37. The van der Waals surface area contributed by atoms with Crippen molar-refractivity contribution in [1.82, 2.24) is 24.8 Å². The van der Waals surface area contributed by atoms with Gasteiger partial charge in [-0.1, -0.05) is 22.6 Å². The van der Waals surface area contributed by atoms with E-state index >= 15 is 0 Å². The van der Waals surface area contributed by atoms with Gasteiger partial charge in [0.05, 0.1) is 5.69 Å². The van der Waals surface area contributed by atoms with E-state index in [-0.39, 0.29) is 5.56 Å². The first-order valence-corrected chi connectivity index (χ1v) is 11.2. The van der Waals surface area contributed by atoms with Crippen LogP contribution in [0.25, 0.3) is 0 Å². The maximum atomic E-state index is 13.3.